The number of hydrogen-bond acceptors (Lipinski definition) is 9. The first kappa shape index (κ1) is 31.9. The molecule has 0 saturated carbocycles. The molecule has 0 spiro atoms. The molecule has 2 heterocycles. The number of carbonyl (C=O) groups excluding carboxylic acids is 1. The standard InChI is InChI=1S/C28H26F4N4O5S2/c1-17(37)36-43(38,39)26-15-24(41-13-9-33)23(14-21(26)29)34-10-3-6-25-20(16-28(30,31)32)19-4-2-5-22(27(19)42-25)35-18-7-11-40-12-8-18/h2,4-5,14-15,18,34-35H,7-8,10-13,16H2,1H3,(H,36,37). The van der Waals surface area contributed by atoms with E-state index >= 15 is 0 Å². The van der Waals surface area contributed by atoms with Crippen LogP contribution < -0.4 is 20.1 Å². The van der Waals surface area contributed by atoms with Crippen molar-refractivity contribution >= 4 is 48.7 Å². The highest BCUT2D eigenvalue weighted by Gasteiger charge is 2.31. The van der Waals surface area contributed by atoms with Crippen molar-refractivity contribution in [2.45, 2.75) is 43.3 Å². The van der Waals surface area contributed by atoms with Gasteiger partial charge in [0.15, 0.2) is 6.61 Å². The second-order valence-electron chi connectivity index (χ2n) is 9.46. The SMILES string of the molecule is CC(=O)NS(=O)(=O)c1cc(OCC#N)c(NCC#Cc2sc3c(NC4CCOCC4)cccc3c2CC(F)(F)F)cc1F. The van der Waals surface area contributed by atoms with Gasteiger partial charge in [-0.25, -0.2) is 17.5 Å². The second kappa shape index (κ2) is 13.5. The minimum atomic E-state index is -4.56. The van der Waals surface area contributed by atoms with E-state index in [0.29, 0.717) is 29.0 Å². The Hall–Kier alpha value is -4.05. The van der Waals surface area contributed by atoms with Crippen molar-refractivity contribution in [1.29, 1.82) is 5.26 Å². The highest BCUT2D eigenvalue weighted by atomic mass is 32.2. The van der Waals surface area contributed by atoms with Crippen molar-refractivity contribution in [1.82, 2.24) is 4.72 Å². The van der Waals surface area contributed by atoms with Gasteiger partial charge < -0.3 is 20.1 Å². The summed E-state index contributed by atoms with van der Waals surface area (Å²) in [6.45, 7) is 1.45. The fraction of sp³-hybridized carbons (Fsp3) is 0.357. The van der Waals surface area contributed by atoms with Gasteiger partial charge in [-0.05, 0) is 29.9 Å². The summed E-state index contributed by atoms with van der Waals surface area (Å²) in [7, 11) is -4.56. The van der Waals surface area contributed by atoms with Gasteiger partial charge in [0.25, 0.3) is 10.0 Å². The number of benzene rings is 2. The summed E-state index contributed by atoms with van der Waals surface area (Å²) in [6, 6.07) is 8.59. The largest absolute Gasteiger partial charge is 0.477 e. The average molecular weight is 639 g/mol. The quantitative estimate of drug-likeness (QED) is 0.222. The van der Waals surface area contributed by atoms with Crippen molar-refractivity contribution in [2.75, 3.05) is 37.0 Å². The molecule has 0 unspecified atom stereocenters. The van der Waals surface area contributed by atoms with E-state index in [1.807, 2.05) is 6.07 Å². The monoisotopic (exact) mass is 638 g/mol. The molecule has 228 valence electrons. The van der Waals surface area contributed by atoms with Crippen LogP contribution in [0.2, 0.25) is 0 Å². The average Bonchev–Trinajstić information content (AvgIpc) is 3.27. The molecule has 15 heteroatoms. The van der Waals surface area contributed by atoms with Gasteiger partial charge in [-0.2, -0.15) is 18.4 Å². The normalized spacial score (nSPS) is 14.0. The van der Waals surface area contributed by atoms with E-state index in [4.69, 9.17) is 14.7 Å². The van der Waals surface area contributed by atoms with Crippen molar-refractivity contribution < 1.29 is 40.2 Å². The third kappa shape index (κ3) is 8.28. The zero-order chi connectivity index (χ0) is 31.2. The Balaban J connectivity index is 1.63. The topological polar surface area (TPSA) is 130 Å². The van der Waals surface area contributed by atoms with Crippen molar-refractivity contribution in [3.8, 4) is 23.7 Å². The molecular weight excluding hydrogens is 612 g/mol. The van der Waals surface area contributed by atoms with Crippen LogP contribution in [0.25, 0.3) is 10.1 Å². The molecule has 1 saturated heterocycles. The molecular formula is C28H26F4N4O5S2. The van der Waals surface area contributed by atoms with Gasteiger partial charge in [-0.1, -0.05) is 24.0 Å². The van der Waals surface area contributed by atoms with E-state index in [9.17, 15) is 30.8 Å². The molecule has 2 aromatic carbocycles. The van der Waals surface area contributed by atoms with Crippen LogP contribution in [-0.2, 0) is 26.0 Å². The second-order valence-corrected chi connectivity index (χ2v) is 12.1. The van der Waals surface area contributed by atoms with Gasteiger partial charge in [0, 0.05) is 38.3 Å². The molecule has 0 bridgehead atoms. The van der Waals surface area contributed by atoms with Gasteiger partial charge in [0.05, 0.1) is 33.9 Å². The zero-order valence-corrected chi connectivity index (χ0v) is 24.4. The number of halogens is 4. The fourth-order valence-corrected chi connectivity index (χ4v) is 6.68. The fourth-order valence-electron chi connectivity index (χ4n) is 4.44. The van der Waals surface area contributed by atoms with Crippen LogP contribution in [0.3, 0.4) is 0 Å². The maximum absolute atomic E-state index is 14.8. The van der Waals surface area contributed by atoms with E-state index in [1.165, 1.54) is 0 Å². The predicted octanol–water partition coefficient (Wildman–Crippen LogP) is 4.93. The van der Waals surface area contributed by atoms with Crippen LogP contribution in [0, 0.1) is 29.0 Å². The van der Waals surface area contributed by atoms with Crippen LogP contribution in [0.15, 0.2) is 35.2 Å². The Morgan fingerprint density at radius 2 is 1.95 bits per heavy atom. The summed E-state index contributed by atoms with van der Waals surface area (Å²) in [6.07, 6.45) is -4.10. The minimum Gasteiger partial charge on any atom is -0.477 e. The number of nitriles is 1. The lowest BCUT2D eigenvalue weighted by Gasteiger charge is -2.24. The molecule has 1 aromatic heterocycles. The third-order valence-electron chi connectivity index (χ3n) is 6.24. The lowest BCUT2D eigenvalue weighted by Crippen LogP contribution is -2.29. The van der Waals surface area contributed by atoms with Crippen molar-refractivity contribution in [3.63, 3.8) is 0 Å². The number of thiophene rings is 1. The Morgan fingerprint density at radius 1 is 1.21 bits per heavy atom. The highest BCUT2D eigenvalue weighted by molar-refractivity contribution is 7.90. The van der Waals surface area contributed by atoms with Crippen molar-refractivity contribution in [2.24, 2.45) is 0 Å². The highest BCUT2D eigenvalue weighted by Crippen LogP contribution is 2.39. The first-order valence-corrected chi connectivity index (χ1v) is 15.2. The third-order valence-corrected chi connectivity index (χ3v) is 8.88. The van der Waals surface area contributed by atoms with Gasteiger partial charge in [-0.15, -0.1) is 11.3 Å². The Bertz CT molecular complexity index is 1720. The number of rotatable bonds is 9. The molecule has 1 aliphatic heterocycles. The first-order valence-electron chi connectivity index (χ1n) is 12.9. The maximum Gasteiger partial charge on any atom is 0.393 e. The van der Waals surface area contributed by atoms with E-state index < -0.39 is 45.8 Å². The van der Waals surface area contributed by atoms with E-state index in [2.05, 4.69) is 22.5 Å². The predicted molar refractivity (Wildman–Crippen MR) is 153 cm³/mol. The van der Waals surface area contributed by atoms with E-state index in [0.717, 1.165) is 43.2 Å². The Labute approximate surface area is 249 Å². The van der Waals surface area contributed by atoms with Crippen LogP contribution in [0.4, 0.5) is 28.9 Å². The molecule has 0 atom stereocenters. The summed E-state index contributed by atoms with van der Waals surface area (Å²) in [5.41, 5.74) is 0.707. The molecule has 1 aliphatic rings. The van der Waals surface area contributed by atoms with Gasteiger partial charge in [0.1, 0.15) is 22.5 Å². The number of amides is 1. The number of ether oxygens (including phenoxy) is 2. The number of anilines is 2. The number of nitrogens with one attached hydrogen (secondary N) is 3. The minimum absolute atomic E-state index is 0.0484. The summed E-state index contributed by atoms with van der Waals surface area (Å²) in [4.78, 5) is 10.6. The summed E-state index contributed by atoms with van der Waals surface area (Å²) in [5.74, 6) is 3.17. The summed E-state index contributed by atoms with van der Waals surface area (Å²) >= 11 is 1.14. The summed E-state index contributed by atoms with van der Waals surface area (Å²) < 4.78 is 93.0. The smallest absolute Gasteiger partial charge is 0.393 e. The molecule has 1 amide bonds. The number of sulfonamides is 1. The molecule has 0 aliphatic carbocycles. The number of hydrogen-bond donors (Lipinski definition) is 3. The van der Waals surface area contributed by atoms with Gasteiger partial charge >= 0.3 is 6.18 Å². The Morgan fingerprint density at radius 3 is 2.63 bits per heavy atom. The van der Waals surface area contributed by atoms with Gasteiger partial charge in [0.2, 0.25) is 5.91 Å². The molecule has 9 nitrogen and oxygen atoms in total. The van der Waals surface area contributed by atoms with E-state index in [-0.39, 0.29) is 34.5 Å². The maximum atomic E-state index is 14.8. The van der Waals surface area contributed by atoms with Crippen LogP contribution in [0.1, 0.15) is 30.2 Å². The number of fused-ring (bicyclic) bond motifs is 1. The number of nitrogens with zero attached hydrogens (tertiary/aromatic N) is 1. The molecule has 43 heavy (non-hydrogen) atoms. The zero-order valence-electron chi connectivity index (χ0n) is 22.7. The number of alkyl halides is 3. The summed E-state index contributed by atoms with van der Waals surface area (Å²) in [5, 5.41) is 15.5. The lowest BCUT2D eigenvalue weighted by molar-refractivity contribution is -0.127. The lowest BCUT2D eigenvalue weighted by atomic mass is 10.1. The first-order chi connectivity index (χ1) is 20.4. The van der Waals surface area contributed by atoms with Crippen molar-refractivity contribution in [3.05, 3.63) is 46.6 Å². The molecule has 3 N–H and O–H groups in total. The van der Waals surface area contributed by atoms with E-state index in [1.54, 1.807) is 22.9 Å². The van der Waals surface area contributed by atoms with Crippen LogP contribution in [0.5, 0.6) is 5.75 Å². The molecule has 3 aromatic rings. The number of carbonyl (C=O) groups is 1. The molecule has 1 fully saturated rings. The van der Waals surface area contributed by atoms with Crippen LogP contribution >= 0.6 is 11.3 Å². The van der Waals surface area contributed by atoms with Crippen LogP contribution in [-0.4, -0.2) is 52.9 Å². The molecule has 0 radical (unpaired) electrons. The van der Waals surface area contributed by atoms with Gasteiger partial charge in [-0.3, -0.25) is 4.79 Å². The molecule has 4 rings (SSSR count). The Kier molecular flexibility index (Phi) is 10.0.